The summed E-state index contributed by atoms with van der Waals surface area (Å²) in [5.41, 5.74) is -0.330. The highest BCUT2D eigenvalue weighted by molar-refractivity contribution is 6.32. The van der Waals surface area contributed by atoms with Crippen molar-refractivity contribution in [1.82, 2.24) is 16.0 Å². The Bertz CT molecular complexity index is 1690. The van der Waals surface area contributed by atoms with Gasteiger partial charge in [0.1, 0.15) is 24.0 Å². The maximum Gasteiger partial charge on any atom is 0.347 e. The van der Waals surface area contributed by atoms with Gasteiger partial charge in [0.2, 0.25) is 11.8 Å². The highest BCUT2D eigenvalue weighted by atomic mass is 35.5. The number of benzene rings is 2. The number of hydrogen-bond donors (Lipinski definition) is 3. The number of ether oxygens (including phenoxy) is 4. The van der Waals surface area contributed by atoms with Crippen molar-refractivity contribution in [1.29, 1.82) is 0 Å². The molecule has 308 valence electrons. The van der Waals surface area contributed by atoms with Gasteiger partial charge in [0.25, 0.3) is 0 Å². The van der Waals surface area contributed by atoms with Gasteiger partial charge in [-0.1, -0.05) is 74.8 Å². The van der Waals surface area contributed by atoms with E-state index >= 15 is 0 Å². The standard InChI is InChI=1S/C42H57Cl2N3O9/c1-25(2)20-33-39(51)54-31(26(3)37(36(44)28-14-11-10-12-15-28)56-35(49)23-46-41(4,5)6)16-13-17-34(48)47-30(22-27-18-19-32(53-9)29(43)21-27)38(50)45-24-42(7,8)40(52)55-33/h10-15,17-19,21,25-26,30-31,33,36-37,46H,16,20,22-24H2,1-9H3,(H,45,50)(H,47,48)/b17-13+/t26-,30+,31-,33-,36-,37+/m0/s1. The van der Waals surface area contributed by atoms with Crippen LogP contribution >= 0.6 is 23.2 Å². The van der Waals surface area contributed by atoms with Gasteiger partial charge in [0.15, 0.2) is 6.10 Å². The zero-order chi connectivity index (χ0) is 41.8. The number of alkyl halides is 1. The van der Waals surface area contributed by atoms with Gasteiger partial charge >= 0.3 is 17.9 Å². The van der Waals surface area contributed by atoms with Crippen molar-refractivity contribution in [3.8, 4) is 5.75 Å². The third kappa shape index (κ3) is 14.4. The summed E-state index contributed by atoms with van der Waals surface area (Å²) in [7, 11) is 1.49. The maximum atomic E-state index is 14.0. The molecule has 0 spiro atoms. The van der Waals surface area contributed by atoms with Gasteiger partial charge in [-0.2, -0.15) is 0 Å². The summed E-state index contributed by atoms with van der Waals surface area (Å²) < 4.78 is 23.3. The molecule has 1 aliphatic heterocycles. The number of hydrogen-bond acceptors (Lipinski definition) is 10. The first-order chi connectivity index (χ1) is 26.2. The van der Waals surface area contributed by atoms with E-state index in [1.54, 1.807) is 51.1 Å². The molecule has 1 aliphatic rings. The second kappa shape index (κ2) is 20.9. The fourth-order valence-corrected chi connectivity index (χ4v) is 6.53. The van der Waals surface area contributed by atoms with Crippen LogP contribution in [0.3, 0.4) is 0 Å². The molecule has 14 heteroatoms. The molecule has 0 saturated carbocycles. The highest BCUT2D eigenvalue weighted by Gasteiger charge is 2.40. The van der Waals surface area contributed by atoms with Gasteiger partial charge in [0.05, 0.1) is 29.5 Å². The molecule has 0 saturated heterocycles. The van der Waals surface area contributed by atoms with Crippen molar-refractivity contribution in [3.05, 3.63) is 76.8 Å². The van der Waals surface area contributed by atoms with E-state index in [0.717, 1.165) is 0 Å². The van der Waals surface area contributed by atoms with Gasteiger partial charge in [-0.05, 0) is 76.3 Å². The molecule has 2 amide bonds. The van der Waals surface area contributed by atoms with Crippen molar-refractivity contribution in [2.24, 2.45) is 17.3 Å². The molecule has 3 rings (SSSR count). The quantitative estimate of drug-likeness (QED) is 0.127. The Balaban J connectivity index is 2.05. The lowest BCUT2D eigenvalue weighted by atomic mass is 9.90. The monoisotopic (exact) mass is 817 g/mol. The minimum atomic E-state index is -1.29. The van der Waals surface area contributed by atoms with Crippen LogP contribution in [0.15, 0.2) is 60.7 Å². The summed E-state index contributed by atoms with van der Waals surface area (Å²) in [6.45, 7) is 14.1. The lowest BCUT2D eigenvalue weighted by Crippen LogP contribution is -2.51. The van der Waals surface area contributed by atoms with Crippen molar-refractivity contribution < 1.29 is 42.9 Å². The SMILES string of the molecule is COc1ccc(C[C@H]2NC(=O)/C=C/C[C@@H]([C@H](C)[C@@H](OC(=O)CNC(C)(C)C)[C@@H](Cl)c3ccccc3)OC(=O)[C@H](CC(C)C)OC(=O)C(C)(C)CNC2=O)cc1Cl. The fourth-order valence-electron chi connectivity index (χ4n) is 5.82. The molecule has 0 aliphatic carbocycles. The molecule has 0 radical (unpaired) electrons. The fraction of sp³-hybridized carbons (Fsp3) is 0.548. The molecule has 0 fully saturated rings. The van der Waals surface area contributed by atoms with E-state index in [9.17, 15) is 24.0 Å². The number of nitrogens with one attached hydrogen (secondary N) is 3. The van der Waals surface area contributed by atoms with Crippen LogP contribution in [0.25, 0.3) is 0 Å². The number of carbonyl (C=O) groups excluding carboxylic acids is 5. The van der Waals surface area contributed by atoms with Crippen molar-refractivity contribution in [2.75, 3.05) is 20.2 Å². The summed E-state index contributed by atoms with van der Waals surface area (Å²) in [5.74, 6) is -3.61. The van der Waals surface area contributed by atoms with Crippen LogP contribution in [0, 0.1) is 17.3 Å². The zero-order valence-corrected chi connectivity index (χ0v) is 35.3. The molecule has 3 N–H and O–H groups in total. The molecule has 12 nitrogen and oxygen atoms in total. The molecular weight excluding hydrogens is 761 g/mol. The van der Waals surface area contributed by atoms with Crippen LogP contribution in [0.2, 0.25) is 5.02 Å². The van der Waals surface area contributed by atoms with Crippen LogP contribution in [-0.4, -0.2) is 79.8 Å². The van der Waals surface area contributed by atoms with E-state index in [2.05, 4.69) is 16.0 Å². The number of esters is 3. The Labute approximate surface area is 340 Å². The maximum absolute atomic E-state index is 14.0. The molecule has 56 heavy (non-hydrogen) atoms. The molecule has 0 bridgehead atoms. The van der Waals surface area contributed by atoms with Crippen LogP contribution in [-0.2, 0) is 44.6 Å². The lowest BCUT2D eigenvalue weighted by molar-refractivity contribution is -0.181. The van der Waals surface area contributed by atoms with E-state index in [1.807, 2.05) is 52.8 Å². The average Bonchev–Trinajstić information content (AvgIpc) is 3.13. The first-order valence-corrected chi connectivity index (χ1v) is 19.6. The van der Waals surface area contributed by atoms with Crippen LogP contribution in [0.5, 0.6) is 5.75 Å². The number of methoxy groups -OCH3 is 1. The minimum absolute atomic E-state index is 0.0220. The summed E-state index contributed by atoms with van der Waals surface area (Å²) in [4.78, 5) is 67.9. The largest absolute Gasteiger partial charge is 0.495 e. The van der Waals surface area contributed by atoms with Gasteiger partial charge in [-0.3, -0.25) is 19.2 Å². The van der Waals surface area contributed by atoms with E-state index in [1.165, 1.54) is 19.3 Å². The van der Waals surface area contributed by atoms with Gasteiger partial charge in [-0.25, -0.2) is 4.79 Å². The zero-order valence-electron chi connectivity index (χ0n) is 33.8. The Morgan fingerprint density at radius 2 is 1.71 bits per heavy atom. The summed E-state index contributed by atoms with van der Waals surface area (Å²) in [6.07, 6.45) is -0.357. The van der Waals surface area contributed by atoms with Gasteiger partial charge < -0.3 is 34.9 Å². The minimum Gasteiger partial charge on any atom is -0.495 e. The molecule has 1 heterocycles. The van der Waals surface area contributed by atoms with E-state index in [-0.39, 0.29) is 43.8 Å². The highest BCUT2D eigenvalue weighted by Crippen LogP contribution is 2.35. The number of rotatable bonds is 12. The first kappa shape index (κ1) is 46.3. The van der Waals surface area contributed by atoms with Crippen molar-refractivity contribution >= 4 is 52.9 Å². The molecular formula is C42H57Cl2N3O9. The smallest absolute Gasteiger partial charge is 0.347 e. The van der Waals surface area contributed by atoms with Crippen molar-refractivity contribution in [3.63, 3.8) is 0 Å². The molecule has 2 aromatic carbocycles. The Kier molecular flexibility index (Phi) is 17.2. The first-order valence-electron chi connectivity index (χ1n) is 18.8. The molecule has 0 aromatic heterocycles. The van der Waals surface area contributed by atoms with Crippen molar-refractivity contribution in [2.45, 2.75) is 110 Å². The lowest BCUT2D eigenvalue weighted by Gasteiger charge is -2.34. The topological polar surface area (TPSA) is 158 Å². The summed E-state index contributed by atoms with van der Waals surface area (Å²) in [6, 6.07) is 13.0. The second-order valence-corrected chi connectivity index (χ2v) is 17.1. The van der Waals surface area contributed by atoms with Gasteiger partial charge in [0, 0.05) is 30.8 Å². The Morgan fingerprint density at radius 3 is 2.32 bits per heavy atom. The summed E-state index contributed by atoms with van der Waals surface area (Å²) in [5, 5.41) is 8.11. The number of cyclic esters (lactones) is 2. The van der Waals surface area contributed by atoms with E-state index in [0.29, 0.717) is 21.9 Å². The second-order valence-electron chi connectivity index (χ2n) is 16.2. The third-order valence-electron chi connectivity index (χ3n) is 9.19. The normalized spacial score (nSPS) is 22.1. The molecule has 0 unspecified atom stereocenters. The average molecular weight is 819 g/mol. The van der Waals surface area contributed by atoms with Gasteiger partial charge in [-0.15, -0.1) is 11.6 Å². The third-order valence-corrected chi connectivity index (χ3v) is 9.99. The Hall–Kier alpha value is -4.13. The molecule has 2 aromatic rings. The number of carbonyl (C=O) groups is 5. The summed E-state index contributed by atoms with van der Waals surface area (Å²) >= 11 is 13.4. The van der Waals surface area contributed by atoms with Crippen LogP contribution < -0.4 is 20.7 Å². The molecule has 6 atom stereocenters. The number of amides is 2. The predicted molar refractivity (Wildman–Crippen MR) is 215 cm³/mol. The number of halogens is 2. The van der Waals surface area contributed by atoms with Crippen LogP contribution in [0.4, 0.5) is 0 Å². The predicted octanol–water partition coefficient (Wildman–Crippen LogP) is 6.26. The Morgan fingerprint density at radius 1 is 1.04 bits per heavy atom. The van der Waals surface area contributed by atoms with E-state index in [4.69, 9.17) is 42.1 Å². The van der Waals surface area contributed by atoms with E-state index < -0.39 is 70.8 Å². The van der Waals surface area contributed by atoms with Crippen LogP contribution in [0.1, 0.15) is 84.7 Å².